The van der Waals surface area contributed by atoms with Crippen molar-refractivity contribution in [3.05, 3.63) is 35.1 Å². The molecule has 1 aromatic carbocycles. The van der Waals surface area contributed by atoms with E-state index >= 15 is 0 Å². The number of rotatable bonds is 8. The Hall–Kier alpha value is -1.95. The Bertz CT molecular complexity index is 1400. The summed E-state index contributed by atoms with van der Waals surface area (Å²) in [6.45, 7) is 1.85. The van der Waals surface area contributed by atoms with Gasteiger partial charge in [0, 0.05) is 24.9 Å². The summed E-state index contributed by atoms with van der Waals surface area (Å²) in [6, 6.07) is 4.67. The Morgan fingerprint density at radius 3 is 2.25 bits per heavy atom. The summed E-state index contributed by atoms with van der Waals surface area (Å²) in [7, 11) is -6.52. The SMILES string of the molecule is Cc1c(Nc2ccc(S(=O)(=O)C3CC3)cc2Cl)ncnc1OC1C[C@@H]2CC[C@@H](C1)N2S(=O)(=O)C1CC1. The summed E-state index contributed by atoms with van der Waals surface area (Å²) in [6.07, 6.45) is 7.27. The number of piperidine rings is 1. The molecule has 9 nitrogen and oxygen atoms in total. The van der Waals surface area contributed by atoms with E-state index in [9.17, 15) is 16.8 Å². The molecule has 6 rings (SSSR count). The first-order valence-electron chi connectivity index (χ1n) is 12.5. The second kappa shape index (κ2) is 8.82. The largest absolute Gasteiger partial charge is 0.474 e. The normalized spacial score (nSPS) is 26.7. The highest BCUT2D eigenvalue weighted by Gasteiger charge is 2.52. The van der Waals surface area contributed by atoms with E-state index in [1.54, 1.807) is 16.4 Å². The van der Waals surface area contributed by atoms with E-state index in [-0.39, 0.29) is 38.6 Å². The molecule has 2 saturated carbocycles. The molecular weight excluding hydrogens is 524 g/mol. The Morgan fingerprint density at radius 2 is 1.64 bits per heavy atom. The summed E-state index contributed by atoms with van der Waals surface area (Å²) in [5.74, 6) is 0.955. The first-order chi connectivity index (χ1) is 17.1. The van der Waals surface area contributed by atoms with E-state index in [0.29, 0.717) is 48.6 Å². The third-order valence-corrected chi connectivity index (χ3v) is 12.7. The van der Waals surface area contributed by atoms with Crippen LogP contribution in [0, 0.1) is 6.92 Å². The standard InChI is InChI=1S/C24H29ClN4O5S2/c1-14-23(28-22-9-8-20(12-21(22)25)35(30,31)18-4-5-18)26-13-27-24(14)34-17-10-15-2-3-16(11-17)29(15)36(32,33)19-6-7-19/h8-9,12-13,15-19H,2-7,10-11H2,1H3,(H,26,27,28)/t15-,16-/m0/s1. The minimum atomic E-state index is -3.33. The van der Waals surface area contributed by atoms with Gasteiger partial charge in [0.1, 0.15) is 18.2 Å². The predicted molar refractivity (Wildman–Crippen MR) is 136 cm³/mol. The lowest BCUT2D eigenvalue weighted by molar-refractivity contribution is 0.0910. The lowest BCUT2D eigenvalue weighted by Gasteiger charge is -2.37. The van der Waals surface area contributed by atoms with Crippen LogP contribution in [0.25, 0.3) is 0 Å². The van der Waals surface area contributed by atoms with Crippen molar-refractivity contribution in [2.24, 2.45) is 0 Å². The fraction of sp³-hybridized carbons (Fsp3) is 0.583. The molecule has 2 aromatic rings. The summed E-state index contributed by atoms with van der Waals surface area (Å²) < 4.78 is 58.9. The van der Waals surface area contributed by atoms with Gasteiger partial charge >= 0.3 is 0 Å². The number of anilines is 2. The minimum absolute atomic E-state index is 0.0108. The molecule has 4 aliphatic rings. The van der Waals surface area contributed by atoms with Gasteiger partial charge in [0.15, 0.2) is 9.84 Å². The summed E-state index contributed by atoms with van der Waals surface area (Å²) in [5.41, 5.74) is 1.24. The van der Waals surface area contributed by atoms with Gasteiger partial charge in [-0.3, -0.25) is 0 Å². The number of nitrogens with one attached hydrogen (secondary N) is 1. The van der Waals surface area contributed by atoms with E-state index in [4.69, 9.17) is 16.3 Å². The molecule has 1 N–H and O–H groups in total. The van der Waals surface area contributed by atoms with Gasteiger partial charge in [0.05, 0.1) is 31.7 Å². The van der Waals surface area contributed by atoms with Gasteiger partial charge in [-0.15, -0.1) is 0 Å². The Labute approximate surface area is 216 Å². The van der Waals surface area contributed by atoms with Crippen molar-refractivity contribution in [3.8, 4) is 5.88 Å². The van der Waals surface area contributed by atoms with E-state index in [2.05, 4.69) is 15.3 Å². The third kappa shape index (κ3) is 4.37. The van der Waals surface area contributed by atoms with Gasteiger partial charge in [-0.2, -0.15) is 4.31 Å². The molecule has 2 aliphatic carbocycles. The van der Waals surface area contributed by atoms with Crippen molar-refractivity contribution in [2.75, 3.05) is 5.32 Å². The van der Waals surface area contributed by atoms with Crippen LogP contribution in [-0.2, 0) is 19.9 Å². The van der Waals surface area contributed by atoms with Crippen molar-refractivity contribution in [1.29, 1.82) is 0 Å². The quantitative estimate of drug-likeness (QED) is 0.522. The van der Waals surface area contributed by atoms with Crippen LogP contribution in [0.4, 0.5) is 11.5 Å². The molecule has 2 aliphatic heterocycles. The number of halogens is 1. The zero-order chi connectivity index (χ0) is 25.2. The number of ether oxygens (including phenoxy) is 1. The van der Waals surface area contributed by atoms with Gasteiger partial charge in [0.25, 0.3) is 0 Å². The van der Waals surface area contributed by atoms with Gasteiger partial charge in [-0.1, -0.05) is 11.6 Å². The maximum absolute atomic E-state index is 12.9. The first-order valence-corrected chi connectivity index (χ1v) is 15.9. The fourth-order valence-corrected chi connectivity index (χ4v) is 9.71. The van der Waals surface area contributed by atoms with Crippen molar-refractivity contribution in [2.45, 2.75) is 91.9 Å². The highest BCUT2D eigenvalue weighted by Crippen LogP contribution is 2.44. The van der Waals surface area contributed by atoms with Crippen LogP contribution in [0.1, 0.15) is 56.9 Å². The number of fused-ring (bicyclic) bond motifs is 2. The number of hydrogen-bond donors (Lipinski definition) is 1. The van der Waals surface area contributed by atoms with Gasteiger partial charge in [-0.05, 0) is 63.6 Å². The number of nitrogens with zero attached hydrogens (tertiary/aromatic N) is 3. The van der Waals surface area contributed by atoms with Gasteiger partial charge in [0.2, 0.25) is 15.9 Å². The van der Waals surface area contributed by atoms with Crippen molar-refractivity contribution in [1.82, 2.24) is 14.3 Å². The second-order valence-corrected chi connectivity index (χ2v) is 15.1. The molecule has 0 radical (unpaired) electrons. The molecule has 1 aromatic heterocycles. The lowest BCUT2D eigenvalue weighted by atomic mass is 10.0. The maximum atomic E-state index is 12.9. The molecule has 2 saturated heterocycles. The molecule has 2 atom stereocenters. The maximum Gasteiger partial charge on any atom is 0.221 e. The topological polar surface area (TPSA) is 119 Å². The number of hydrogen-bond acceptors (Lipinski definition) is 8. The minimum Gasteiger partial charge on any atom is -0.474 e. The highest BCUT2D eigenvalue weighted by molar-refractivity contribution is 7.92. The average molecular weight is 553 g/mol. The molecule has 36 heavy (non-hydrogen) atoms. The van der Waals surface area contributed by atoms with E-state index in [1.807, 2.05) is 6.92 Å². The van der Waals surface area contributed by atoms with Crippen LogP contribution in [-0.4, -0.2) is 59.8 Å². The molecule has 4 fully saturated rings. The second-order valence-electron chi connectivity index (χ2n) is 10.3. The van der Waals surface area contributed by atoms with Crippen molar-refractivity contribution in [3.63, 3.8) is 0 Å². The molecular formula is C24H29ClN4O5S2. The lowest BCUT2D eigenvalue weighted by Crippen LogP contribution is -2.50. The third-order valence-electron chi connectivity index (χ3n) is 7.66. The Kier molecular flexibility index (Phi) is 5.97. The molecule has 12 heteroatoms. The predicted octanol–water partition coefficient (Wildman–Crippen LogP) is 3.98. The Balaban J connectivity index is 1.16. The van der Waals surface area contributed by atoms with E-state index < -0.39 is 19.9 Å². The van der Waals surface area contributed by atoms with E-state index in [0.717, 1.165) is 25.7 Å². The zero-order valence-electron chi connectivity index (χ0n) is 19.9. The molecule has 194 valence electrons. The zero-order valence-corrected chi connectivity index (χ0v) is 22.3. The highest BCUT2D eigenvalue weighted by atomic mass is 35.5. The smallest absolute Gasteiger partial charge is 0.221 e. The number of sulfonamides is 1. The summed E-state index contributed by atoms with van der Waals surface area (Å²) in [5, 5.41) is 2.97. The molecule has 3 heterocycles. The van der Waals surface area contributed by atoms with Crippen LogP contribution in [0.2, 0.25) is 5.02 Å². The number of sulfone groups is 1. The van der Waals surface area contributed by atoms with Gasteiger partial charge in [-0.25, -0.2) is 26.8 Å². The number of aromatic nitrogens is 2. The molecule has 0 spiro atoms. The van der Waals surface area contributed by atoms with Crippen LogP contribution in [0.3, 0.4) is 0 Å². The van der Waals surface area contributed by atoms with Gasteiger partial charge < -0.3 is 10.1 Å². The first kappa shape index (κ1) is 24.4. The molecule has 2 bridgehead atoms. The van der Waals surface area contributed by atoms with Crippen LogP contribution in [0.15, 0.2) is 29.4 Å². The monoisotopic (exact) mass is 552 g/mol. The molecule has 0 amide bonds. The van der Waals surface area contributed by atoms with Crippen LogP contribution in [0.5, 0.6) is 5.88 Å². The van der Waals surface area contributed by atoms with Crippen molar-refractivity contribution < 1.29 is 21.6 Å². The van der Waals surface area contributed by atoms with Crippen molar-refractivity contribution >= 4 is 43.0 Å². The average Bonchev–Trinajstić information content (AvgIpc) is 3.73. The Morgan fingerprint density at radius 1 is 0.972 bits per heavy atom. The summed E-state index contributed by atoms with van der Waals surface area (Å²) >= 11 is 6.42. The van der Waals surface area contributed by atoms with Crippen LogP contribution >= 0.6 is 11.6 Å². The fourth-order valence-electron chi connectivity index (χ4n) is 5.44. The molecule has 0 unspecified atom stereocenters. The van der Waals surface area contributed by atoms with E-state index in [1.165, 1.54) is 12.4 Å². The number of benzene rings is 1. The van der Waals surface area contributed by atoms with Crippen LogP contribution < -0.4 is 10.1 Å². The summed E-state index contributed by atoms with van der Waals surface area (Å²) in [4.78, 5) is 8.88.